The van der Waals surface area contributed by atoms with Crippen molar-refractivity contribution in [2.75, 3.05) is 7.05 Å². The zero-order chi connectivity index (χ0) is 18.0. The van der Waals surface area contributed by atoms with Crippen molar-refractivity contribution >= 4 is 11.9 Å². The van der Waals surface area contributed by atoms with Gasteiger partial charge in [-0.05, 0) is 18.2 Å². The summed E-state index contributed by atoms with van der Waals surface area (Å²) in [6.07, 6.45) is 4.83. The van der Waals surface area contributed by atoms with E-state index in [0.717, 1.165) is 0 Å². The normalized spacial score (nSPS) is 10.6. The third-order valence-electron chi connectivity index (χ3n) is 3.83. The molecule has 0 atom stereocenters. The van der Waals surface area contributed by atoms with Crippen molar-refractivity contribution in [3.05, 3.63) is 66.0 Å². The molecule has 0 saturated carbocycles. The van der Waals surface area contributed by atoms with E-state index in [9.17, 15) is 14.7 Å². The maximum Gasteiger partial charge on any atom is 0.337 e. The molecule has 1 amide bonds. The number of aryl methyl sites for hydroxylation is 1. The Hall–Kier alpha value is -3.42. The quantitative estimate of drug-likeness (QED) is 0.762. The number of amides is 1. The number of nitrogens with zero attached hydrogens (tertiary/aromatic N) is 5. The second kappa shape index (κ2) is 6.60. The van der Waals surface area contributed by atoms with Crippen molar-refractivity contribution < 1.29 is 14.7 Å². The van der Waals surface area contributed by atoms with Crippen molar-refractivity contribution in [1.82, 2.24) is 24.2 Å². The lowest BCUT2D eigenvalue weighted by molar-refractivity contribution is 0.0696. The maximum atomic E-state index is 12.4. The molecular weight excluding hydrogens is 322 g/mol. The Morgan fingerprint density at radius 3 is 2.68 bits per heavy atom. The molecule has 0 spiro atoms. The van der Waals surface area contributed by atoms with Gasteiger partial charge in [0.25, 0.3) is 5.91 Å². The first-order chi connectivity index (χ1) is 12.0. The van der Waals surface area contributed by atoms with Crippen LogP contribution in [0.15, 0.2) is 49.1 Å². The summed E-state index contributed by atoms with van der Waals surface area (Å²) in [4.78, 5) is 29.5. The minimum Gasteiger partial charge on any atom is -0.478 e. The van der Waals surface area contributed by atoms with Crippen molar-refractivity contribution in [3.8, 4) is 5.69 Å². The molecule has 0 radical (unpaired) electrons. The van der Waals surface area contributed by atoms with Gasteiger partial charge in [0.15, 0.2) is 0 Å². The smallest absolute Gasteiger partial charge is 0.337 e. The van der Waals surface area contributed by atoms with Gasteiger partial charge in [0.05, 0.1) is 29.8 Å². The van der Waals surface area contributed by atoms with Gasteiger partial charge in [-0.25, -0.2) is 9.78 Å². The average molecular weight is 339 g/mol. The van der Waals surface area contributed by atoms with E-state index in [1.807, 2.05) is 0 Å². The average Bonchev–Trinajstić information content (AvgIpc) is 3.23. The summed E-state index contributed by atoms with van der Waals surface area (Å²) >= 11 is 0. The van der Waals surface area contributed by atoms with E-state index >= 15 is 0 Å². The molecule has 2 heterocycles. The van der Waals surface area contributed by atoms with Crippen LogP contribution in [0.5, 0.6) is 0 Å². The first kappa shape index (κ1) is 16.4. The molecule has 0 fully saturated rings. The molecule has 0 aliphatic heterocycles. The van der Waals surface area contributed by atoms with Gasteiger partial charge in [-0.3, -0.25) is 9.48 Å². The fourth-order valence-corrected chi connectivity index (χ4v) is 2.55. The third-order valence-corrected chi connectivity index (χ3v) is 3.83. The molecule has 25 heavy (non-hydrogen) atoms. The number of imidazole rings is 1. The molecule has 128 valence electrons. The van der Waals surface area contributed by atoms with Crippen LogP contribution in [0, 0.1) is 0 Å². The molecule has 3 aromatic rings. The molecule has 1 aromatic carbocycles. The summed E-state index contributed by atoms with van der Waals surface area (Å²) in [7, 11) is 3.39. The number of benzene rings is 1. The number of carbonyl (C=O) groups excluding carboxylic acids is 1. The Morgan fingerprint density at radius 2 is 2.00 bits per heavy atom. The fourth-order valence-electron chi connectivity index (χ4n) is 2.55. The molecule has 0 aliphatic carbocycles. The summed E-state index contributed by atoms with van der Waals surface area (Å²) < 4.78 is 3.15. The molecule has 2 aromatic heterocycles. The molecule has 0 bridgehead atoms. The van der Waals surface area contributed by atoms with Crippen LogP contribution in [0.4, 0.5) is 0 Å². The Kier molecular flexibility index (Phi) is 4.34. The number of aromatic carboxylic acids is 1. The molecule has 8 nitrogen and oxygen atoms in total. The Labute approximate surface area is 143 Å². The van der Waals surface area contributed by atoms with Gasteiger partial charge < -0.3 is 14.6 Å². The topological polar surface area (TPSA) is 93.2 Å². The number of carboxylic acids is 1. The molecule has 0 unspecified atom stereocenters. The number of para-hydroxylation sites is 1. The highest BCUT2D eigenvalue weighted by atomic mass is 16.4. The Bertz CT molecular complexity index is 928. The Balaban J connectivity index is 1.80. The van der Waals surface area contributed by atoms with Gasteiger partial charge in [0.1, 0.15) is 5.69 Å². The number of carboxylic acid groups (broad SMARTS) is 1. The van der Waals surface area contributed by atoms with E-state index in [-0.39, 0.29) is 11.5 Å². The van der Waals surface area contributed by atoms with E-state index < -0.39 is 5.97 Å². The van der Waals surface area contributed by atoms with Crippen LogP contribution in [0.2, 0.25) is 0 Å². The van der Waals surface area contributed by atoms with Crippen LogP contribution in [-0.2, 0) is 13.6 Å². The number of rotatable bonds is 5. The largest absolute Gasteiger partial charge is 0.478 e. The lowest BCUT2D eigenvalue weighted by Gasteiger charge is -2.15. The van der Waals surface area contributed by atoms with Gasteiger partial charge in [-0.15, -0.1) is 0 Å². The monoisotopic (exact) mass is 339 g/mol. The lowest BCUT2D eigenvalue weighted by atomic mass is 10.2. The molecule has 8 heteroatoms. The second-order valence-corrected chi connectivity index (χ2v) is 5.60. The maximum absolute atomic E-state index is 12.4. The van der Waals surface area contributed by atoms with Crippen LogP contribution in [-0.4, -0.2) is 48.3 Å². The van der Waals surface area contributed by atoms with Gasteiger partial charge in [-0.2, -0.15) is 5.10 Å². The number of aromatic nitrogens is 4. The fraction of sp³-hybridized carbons (Fsp3) is 0.176. The summed E-state index contributed by atoms with van der Waals surface area (Å²) in [5.41, 5.74) is 1.84. The summed E-state index contributed by atoms with van der Waals surface area (Å²) in [6.45, 7) is 0.298. The predicted octanol–water partition coefficient (Wildman–Crippen LogP) is 1.58. The zero-order valence-corrected chi connectivity index (χ0v) is 13.8. The predicted molar refractivity (Wildman–Crippen MR) is 89.5 cm³/mol. The van der Waals surface area contributed by atoms with E-state index in [1.54, 1.807) is 61.6 Å². The van der Waals surface area contributed by atoms with Crippen LogP contribution < -0.4 is 0 Å². The minimum atomic E-state index is -1.01. The van der Waals surface area contributed by atoms with Gasteiger partial charge in [0, 0.05) is 26.5 Å². The molecule has 0 aliphatic rings. The van der Waals surface area contributed by atoms with Crippen LogP contribution >= 0.6 is 0 Å². The lowest BCUT2D eigenvalue weighted by Crippen LogP contribution is -2.28. The Morgan fingerprint density at radius 1 is 1.24 bits per heavy atom. The molecular formula is C17H17N5O3. The first-order valence-electron chi connectivity index (χ1n) is 7.56. The van der Waals surface area contributed by atoms with Crippen molar-refractivity contribution in [2.45, 2.75) is 6.54 Å². The highest BCUT2D eigenvalue weighted by Crippen LogP contribution is 2.16. The number of carbonyl (C=O) groups is 2. The molecule has 1 N–H and O–H groups in total. The van der Waals surface area contributed by atoms with Crippen molar-refractivity contribution in [1.29, 1.82) is 0 Å². The zero-order valence-electron chi connectivity index (χ0n) is 13.8. The van der Waals surface area contributed by atoms with Crippen LogP contribution in [0.25, 0.3) is 5.69 Å². The second-order valence-electron chi connectivity index (χ2n) is 5.60. The molecule has 3 rings (SSSR count). The van der Waals surface area contributed by atoms with E-state index in [4.69, 9.17) is 0 Å². The summed E-state index contributed by atoms with van der Waals surface area (Å²) in [5.74, 6) is -1.17. The third kappa shape index (κ3) is 3.27. The van der Waals surface area contributed by atoms with Crippen LogP contribution in [0.1, 0.15) is 26.5 Å². The van der Waals surface area contributed by atoms with E-state index in [0.29, 0.717) is 23.6 Å². The van der Waals surface area contributed by atoms with Crippen molar-refractivity contribution in [3.63, 3.8) is 0 Å². The standard InChI is InChI=1S/C17H17N5O3/c1-20(16(23)15-7-8-19-21(15)2)9-12-10-22(11-18-12)14-6-4-3-5-13(14)17(24)25/h3-8,10-11H,9H2,1-2H3,(H,24,25). The van der Waals surface area contributed by atoms with Gasteiger partial charge in [0.2, 0.25) is 0 Å². The summed E-state index contributed by atoms with van der Waals surface area (Å²) in [5, 5.41) is 13.3. The first-order valence-corrected chi connectivity index (χ1v) is 7.56. The van der Waals surface area contributed by atoms with Gasteiger partial charge in [-0.1, -0.05) is 12.1 Å². The van der Waals surface area contributed by atoms with Crippen molar-refractivity contribution in [2.24, 2.45) is 7.05 Å². The highest BCUT2D eigenvalue weighted by Gasteiger charge is 2.17. The van der Waals surface area contributed by atoms with E-state index in [2.05, 4.69) is 10.1 Å². The van der Waals surface area contributed by atoms with E-state index in [1.165, 1.54) is 15.6 Å². The number of hydrogen-bond acceptors (Lipinski definition) is 4. The van der Waals surface area contributed by atoms with Gasteiger partial charge >= 0.3 is 5.97 Å². The highest BCUT2D eigenvalue weighted by molar-refractivity contribution is 5.92. The SMILES string of the molecule is CN(Cc1cn(-c2ccccc2C(=O)O)cn1)C(=O)c1ccnn1C. The molecule has 0 saturated heterocycles. The summed E-state index contributed by atoms with van der Waals surface area (Å²) in [6, 6.07) is 8.33. The number of hydrogen-bond donors (Lipinski definition) is 1. The minimum absolute atomic E-state index is 0.166. The van der Waals surface area contributed by atoms with Crippen LogP contribution in [0.3, 0.4) is 0 Å².